The average molecular weight is 377 g/mol. The van der Waals surface area contributed by atoms with Crippen molar-refractivity contribution in [3.63, 3.8) is 0 Å². The fraction of sp³-hybridized carbons (Fsp3) is 0.304. The Labute approximate surface area is 164 Å². The molecule has 0 atom stereocenters. The van der Waals surface area contributed by atoms with Crippen LogP contribution in [0.2, 0.25) is 0 Å². The number of carboxylic acid groups (broad SMARTS) is 1. The number of aliphatic carboxylic acids is 1. The molecule has 1 aliphatic carbocycles. The molecule has 2 heterocycles. The summed E-state index contributed by atoms with van der Waals surface area (Å²) in [7, 11) is 1.61. The van der Waals surface area contributed by atoms with Crippen molar-refractivity contribution in [1.29, 1.82) is 0 Å². The highest BCUT2D eigenvalue weighted by molar-refractivity contribution is 6.06. The van der Waals surface area contributed by atoms with Crippen molar-refractivity contribution >= 4 is 17.1 Å². The summed E-state index contributed by atoms with van der Waals surface area (Å²) in [5, 5.41) is 10.0. The number of rotatable bonds is 3. The summed E-state index contributed by atoms with van der Waals surface area (Å²) in [6.07, 6.45) is 5.52. The molecule has 28 heavy (non-hydrogen) atoms. The molecule has 0 fully saturated rings. The number of ether oxygens (including phenoxy) is 2. The Morgan fingerprint density at radius 1 is 1.18 bits per heavy atom. The molecule has 144 valence electrons. The fourth-order valence-electron chi connectivity index (χ4n) is 4.33. The predicted octanol–water partition coefficient (Wildman–Crippen LogP) is 4.74. The Morgan fingerprint density at radius 3 is 2.71 bits per heavy atom. The number of carboxylic acids is 1. The molecule has 1 aromatic carbocycles. The molecule has 5 heteroatoms. The summed E-state index contributed by atoms with van der Waals surface area (Å²) in [5.41, 5.74) is 4.24. The number of hydrogen-bond donors (Lipinski definition) is 1. The van der Waals surface area contributed by atoms with Gasteiger partial charge in [0.25, 0.3) is 0 Å². The van der Waals surface area contributed by atoms with E-state index in [4.69, 9.17) is 9.47 Å². The molecule has 1 aliphatic heterocycles. The zero-order valence-corrected chi connectivity index (χ0v) is 16.3. The number of allylic oxidation sites excluding steroid dienone is 1. The van der Waals surface area contributed by atoms with Crippen LogP contribution in [-0.2, 0) is 4.79 Å². The van der Waals surface area contributed by atoms with Crippen LogP contribution in [0.5, 0.6) is 11.5 Å². The van der Waals surface area contributed by atoms with E-state index in [0.717, 1.165) is 40.9 Å². The molecule has 2 aliphatic rings. The van der Waals surface area contributed by atoms with Crippen LogP contribution >= 0.6 is 0 Å². The van der Waals surface area contributed by atoms with Crippen LogP contribution in [0.1, 0.15) is 44.2 Å². The molecule has 0 unspecified atom stereocenters. The van der Waals surface area contributed by atoms with Crippen LogP contribution in [0.15, 0.2) is 53.9 Å². The first kappa shape index (κ1) is 18.3. The molecule has 0 saturated carbocycles. The van der Waals surface area contributed by atoms with Crippen LogP contribution in [0.25, 0.3) is 11.1 Å². The van der Waals surface area contributed by atoms with Crippen molar-refractivity contribution in [3.8, 4) is 11.5 Å². The lowest BCUT2D eigenvalue weighted by Crippen LogP contribution is -2.35. The van der Waals surface area contributed by atoms with Crippen molar-refractivity contribution in [1.82, 2.24) is 4.98 Å². The van der Waals surface area contributed by atoms with Gasteiger partial charge in [-0.1, -0.05) is 18.2 Å². The van der Waals surface area contributed by atoms with Gasteiger partial charge in [0.15, 0.2) is 0 Å². The zero-order valence-electron chi connectivity index (χ0n) is 16.3. The topological polar surface area (TPSA) is 68.7 Å². The van der Waals surface area contributed by atoms with Crippen molar-refractivity contribution in [2.75, 3.05) is 7.11 Å². The SMILES string of the molecule is COc1ccccc1C1=C(C(=O)O)CCCC2=C1C(C)(C)Oc1cnccc12. The third-order valence-electron chi connectivity index (χ3n) is 5.42. The predicted molar refractivity (Wildman–Crippen MR) is 107 cm³/mol. The first-order chi connectivity index (χ1) is 13.4. The number of nitrogens with zero attached hydrogens (tertiary/aromatic N) is 1. The van der Waals surface area contributed by atoms with E-state index in [-0.39, 0.29) is 0 Å². The van der Waals surface area contributed by atoms with Crippen LogP contribution in [0.4, 0.5) is 0 Å². The highest BCUT2D eigenvalue weighted by atomic mass is 16.5. The van der Waals surface area contributed by atoms with Crippen molar-refractivity contribution in [2.24, 2.45) is 0 Å². The monoisotopic (exact) mass is 377 g/mol. The lowest BCUT2D eigenvalue weighted by molar-refractivity contribution is -0.132. The number of fused-ring (bicyclic) bond motifs is 2. The van der Waals surface area contributed by atoms with Gasteiger partial charge < -0.3 is 14.6 Å². The van der Waals surface area contributed by atoms with E-state index >= 15 is 0 Å². The van der Waals surface area contributed by atoms with Gasteiger partial charge in [-0.25, -0.2) is 4.79 Å². The largest absolute Gasteiger partial charge is 0.496 e. The molecule has 5 nitrogen and oxygen atoms in total. The number of carbonyl (C=O) groups is 1. The number of aromatic nitrogens is 1. The maximum Gasteiger partial charge on any atom is 0.332 e. The number of hydrogen-bond acceptors (Lipinski definition) is 4. The molecular weight excluding hydrogens is 354 g/mol. The Morgan fingerprint density at radius 2 is 1.96 bits per heavy atom. The summed E-state index contributed by atoms with van der Waals surface area (Å²) in [6.45, 7) is 3.97. The van der Waals surface area contributed by atoms with E-state index in [1.165, 1.54) is 0 Å². The number of para-hydroxylation sites is 1. The minimum atomic E-state index is -0.897. The molecule has 0 radical (unpaired) electrons. The fourth-order valence-corrected chi connectivity index (χ4v) is 4.33. The second-order valence-electron chi connectivity index (χ2n) is 7.55. The second-order valence-corrected chi connectivity index (χ2v) is 7.55. The Balaban J connectivity index is 2.10. The van der Waals surface area contributed by atoms with Gasteiger partial charge in [-0.2, -0.15) is 0 Å². The lowest BCUT2D eigenvalue weighted by atomic mass is 9.78. The molecule has 1 aromatic heterocycles. The molecule has 0 saturated heterocycles. The van der Waals surface area contributed by atoms with Gasteiger partial charge in [0.1, 0.15) is 17.1 Å². The van der Waals surface area contributed by atoms with E-state index in [2.05, 4.69) is 4.98 Å². The number of benzene rings is 1. The maximum absolute atomic E-state index is 12.2. The first-order valence-corrected chi connectivity index (χ1v) is 9.41. The highest BCUT2D eigenvalue weighted by Gasteiger charge is 2.40. The molecular formula is C23H23NO4. The van der Waals surface area contributed by atoms with Crippen LogP contribution in [-0.4, -0.2) is 28.8 Å². The normalized spacial score (nSPS) is 18.0. The van der Waals surface area contributed by atoms with E-state index < -0.39 is 11.6 Å². The van der Waals surface area contributed by atoms with Crippen LogP contribution in [0, 0.1) is 0 Å². The van der Waals surface area contributed by atoms with Crippen molar-refractivity contribution in [2.45, 2.75) is 38.7 Å². The van der Waals surface area contributed by atoms with E-state index in [0.29, 0.717) is 23.3 Å². The number of methoxy groups -OCH3 is 1. The van der Waals surface area contributed by atoms with Gasteiger partial charge in [0.2, 0.25) is 0 Å². The Kier molecular flexibility index (Phi) is 4.46. The quantitative estimate of drug-likeness (QED) is 0.837. The second kappa shape index (κ2) is 6.82. The molecule has 0 amide bonds. The molecule has 0 spiro atoms. The molecule has 1 N–H and O–H groups in total. The summed E-state index contributed by atoms with van der Waals surface area (Å²) in [6, 6.07) is 9.53. The highest BCUT2D eigenvalue weighted by Crippen LogP contribution is 2.51. The summed E-state index contributed by atoms with van der Waals surface area (Å²) in [5.74, 6) is 0.497. The van der Waals surface area contributed by atoms with E-state index in [1.807, 2.05) is 44.2 Å². The Bertz CT molecular complexity index is 1020. The van der Waals surface area contributed by atoms with Crippen molar-refractivity contribution < 1.29 is 19.4 Å². The lowest BCUT2D eigenvalue weighted by Gasteiger charge is -2.38. The maximum atomic E-state index is 12.2. The minimum absolute atomic E-state index is 0.406. The van der Waals surface area contributed by atoms with Crippen LogP contribution < -0.4 is 9.47 Å². The van der Waals surface area contributed by atoms with Gasteiger partial charge >= 0.3 is 5.97 Å². The van der Waals surface area contributed by atoms with Crippen molar-refractivity contribution in [3.05, 3.63) is 65.0 Å². The van der Waals surface area contributed by atoms with Gasteiger partial charge in [0.05, 0.1) is 13.3 Å². The Hall–Kier alpha value is -3.08. The molecule has 4 rings (SSSR count). The van der Waals surface area contributed by atoms with E-state index in [1.54, 1.807) is 19.5 Å². The number of pyridine rings is 1. The molecule has 2 aromatic rings. The first-order valence-electron chi connectivity index (χ1n) is 9.41. The van der Waals surface area contributed by atoms with E-state index in [9.17, 15) is 9.90 Å². The third kappa shape index (κ3) is 2.87. The van der Waals surface area contributed by atoms with Gasteiger partial charge in [-0.15, -0.1) is 0 Å². The average Bonchev–Trinajstić information content (AvgIpc) is 2.88. The smallest absolute Gasteiger partial charge is 0.332 e. The minimum Gasteiger partial charge on any atom is -0.496 e. The summed E-state index contributed by atoms with van der Waals surface area (Å²) >= 11 is 0. The van der Waals surface area contributed by atoms with Gasteiger partial charge in [-0.3, -0.25) is 4.98 Å². The molecule has 0 bridgehead atoms. The van der Waals surface area contributed by atoms with Gasteiger partial charge in [0, 0.05) is 34.0 Å². The zero-order chi connectivity index (χ0) is 19.9. The summed E-state index contributed by atoms with van der Waals surface area (Å²) in [4.78, 5) is 16.4. The van der Waals surface area contributed by atoms with Crippen LogP contribution in [0.3, 0.4) is 0 Å². The standard InChI is InChI=1S/C23H23NO4/c1-23(2)21-15(14-11-12-24-13-19(14)28-23)8-6-9-17(22(25)26)20(21)16-7-4-5-10-18(16)27-3/h4-5,7,10-13H,6,8-9H2,1-3H3,(H,25,26). The summed E-state index contributed by atoms with van der Waals surface area (Å²) < 4.78 is 11.9. The van der Waals surface area contributed by atoms with Gasteiger partial charge in [-0.05, 0) is 50.8 Å². The third-order valence-corrected chi connectivity index (χ3v) is 5.42.